The number of alkyl halides is 3. The lowest BCUT2D eigenvalue weighted by molar-refractivity contribution is -0.274. The van der Waals surface area contributed by atoms with E-state index in [4.69, 9.17) is 0 Å². The van der Waals surface area contributed by atoms with Crippen molar-refractivity contribution in [2.45, 2.75) is 30.7 Å². The van der Waals surface area contributed by atoms with E-state index in [1.54, 1.807) is 6.92 Å². The van der Waals surface area contributed by atoms with E-state index in [0.717, 1.165) is 24.3 Å². The van der Waals surface area contributed by atoms with Crippen molar-refractivity contribution in [2.24, 2.45) is 0 Å². The third-order valence-electron chi connectivity index (χ3n) is 2.33. The molecule has 9 heteroatoms. The highest BCUT2D eigenvalue weighted by molar-refractivity contribution is 7.89. The number of ether oxygens (including phenoxy) is 1. The summed E-state index contributed by atoms with van der Waals surface area (Å²) < 4.78 is 65.5. The Hall–Kier alpha value is -1.32. The normalized spacial score (nSPS) is 14.1. The number of aliphatic hydroxyl groups excluding tert-OH is 1. The van der Waals surface area contributed by atoms with Crippen molar-refractivity contribution in [1.29, 1.82) is 0 Å². The van der Waals surface area contributed by atoms with Crippen LogP contribution >= 0.6 is 0 Å². The molecule has 0 aliphatic rings. The molecule has 0 aliphatic heterocycles. The number of hydrogen-bond donors (Lipinski definition) is 2. The van der Waals surface area contributed by atoms with Gasteiger partial charge in [0.1, 0.15) is 5.75 Å². The molecule has 0 amide bonds. The molecule has 0 fully saturated rings. The lowest BCUT2D eigenvalue weighted by Crippen LogP contribution is -2.31. The van der Waals surface area contributed by atoms with Crippen LogP contribution in [0.15, 0.2) is 29.2 Å². The molecule has 0 aromatic heterocycles. The van der Waals surface area contributed by atoms with E-state index in [9.17, 15) is 26.7 Å². The third kappa shape index (κ3) is 5.35. The van der Waals surface area contributed by atoms with E-state index >= 15 is 0 Å². The Morgan fingerprint density at radius 1 is 1.40 bits per heavy atom. The smallest absolute Gasteiger partial charge is 0.406 e. The zero-order valence-electron chi connectivity index (χ0n) is 10.5. The van der Waals surface area contributed by atoms with Gasteiger partial charge in [0, 0.05) is 12.6 Å². The molecular formula is C11H14F3NO4S. The van der Waals surface area contributed by atoms with Gasteiger partial charge in [0.25, 0.3) is 0 Å². The average Bonchev–Trinajstić information content (AvgIpc) is 2.34. The number of rotatable bonds is 6. The molecule has 1 aromatic carbocycles. The maximum Gasteiger partial charge on any atom is 0.573 e. The summed E-state index contributed by atoms with van der Waals surface area (Å²) in [5.74, 6) is -0.628. The van der Waals surface area contributed by atoms with E-state index < -0.39 is 28.2 Å². The molecule has 114 valence electrons. The topological polar surface area (TPSA) is 75.6 Å². The lowest BCUT2D eigenvalue weighted by atomic mass is 10.3. The summed E-state index contributed by atoms with van der Waals surface area (Å²) in [4.78, 5) is -0.373. The van der Waals surface area contributed by atoms with Crippen LogP contribution in [-0.4, -0.2) is 32.5 Å². The van der Waals surface area contributed by atoms with Crippen LogP contribution in [0.4, 0.5) is 13.2 Å². The second kappa shape index (κ2) is 6.42. The summed E-state index contributed by atoms with van der Waals surface area (Å²) in [6, 6.07) is 4.01. The van der Waals surface area contributed by atoms with E-state index in [1.807, 2.05) is 0 Å². The molecule has 1 unspecified atom stereocenters. The van der Waals surface area contributed by atoms with Crippen LogP contribution in [0.3, 0.4) is 0 Å². The first kappa shape index (κ1) is 16.7. The number of sulfonamides is 1. The van der Waals surface area contributed by atoms with Crippen LogP contribution in [0.2, 0.25) is 0 Å². The number of aliphatic hydroxyl groups is 1. The third-order valence-corrected chi connectivity index (χ3v) is 3.75. The number of nitrogens with one attached hydrogen (secondary N) is 1. The maximum atomic E-state index is 12.0. The largest absolute Gasteiger partial charge is 0.573 e. The second-order valence-corrected chi connectivity index (χ2v) is 5.70. The first-order chi connectivity index (χ1) is 9.14. The zero-order valence-corrected chi connectivity index (χ0v) is 11.3. The molecule has 1 atom stereocenters. The summed E-state index contributed by atoms with van der Waals surface area (Å²) in [5.41, 5.74) is 0. The first-order valence-electron chi connectivity index (χ1n) is 5.67. The van der Waals surface area contributed by atoms with Gasteiger partial charge < -0.3 is 9.84 Å². The van der Waals surface area contributed by atoms with Crippen molar-refractivity contribution < 1.29 is 31.4 Å². The fraction of sp³-hybridized carbons (Fsp3) is 0.455. The van der Waals surface area contributed by atoms with Gasteiger partial charge in [-0.1, -0.05) is 13.0 Å². The molecule has 20 heavy (non-hydrogen) atoms. The maximum absolute atomic E-state index is 12.0. The van der Waals surface area contributed by atoms with Crippen LogP contribution in [0.5, 0.6) is 5.75 Å². The molecule has 0 saturated carbocycles. The average molecular weight is 313 g/mol. The Kier molecular flexibility index (Phi) is 5.37. The molecular weight excluding hydrogens is 299 g/mol. The van der Waals surface area contributed by atoms with Gasteiger partial charge in [-0.15, -0.1) is 13.2 Å². The molecule has 1 aromatic rings. The summed E-state index contributed by atoms with van der Waals surface area (Å²) in [6.07, 6.45) is -5.41. The van der Waals surface area contributed by atoms with Crippen LogP contribution in [0, 0.1) is 0 Å². The van der Waals surface area contributed by atoms with E-state index in [0.29, 0.717) is 6.42 Å². The van der Waals surface area contributed by atoms with Gasteiger partial charge >= 0.3 is 6.36 Å². The number of hydrogen-bond acceptors (Lipinski definition) is 4. The molecule has 2 N–H and O–H groups in total. The fourth-order valence-corrected chi connectivity index (χ4v) is 2.38. The molecule has 1 rings (SSSR count). The SMILES string of the molecule is CCC(O)CNS(=O)(=O)c1cccc(OC(F)(F)F)c1. The van der Waals surface area contributed by atoms with Crippen LogP contribution < -0.4 is 9.46 Å². The Bertz CT molecular complexity index is 545. The highest BCUT2D eigenvalue weighted by Crippen LogP contribution is 2.24. The molecule has 5 nitrogen and oxygen atoms in total. The van der Waals surface area contributed by atoms with Gasteiger partial charge in [0.2, 0.25) is 10.0 Å². The second-order valence-electron chi connectivity index (χ2n) is 3.94. The van der Waals surface area contributed by atoms with Crippen LogP contribution in [-0.2, 0) is 10.0 Å². The predicted octanol–water partition coefficient (Wildman–Crippen LogP) is 1.63. The van der Waals surface area contributed by atoms with Crippen molar-refractivity contribution in [2.75, 3.05) is 6.54 Å². The van der Waals surface area contributed by atoms with Gasteiger partial charge in [-0.05, 0) is 18.6 Å². The Morgan fingerprint density at radius 2 is 2.05 bits per heavy atom. The molecule has 0 heterocycles. The fourth-order valence-electron chi connectivity index (χ4n) is 1.27. The summed E-state index contributed by atoms with van der Waals surface area (Å²) in [7, 11) is -4.00. The van der Waals surface area contributed by atoms with Crippen molar-refractivity contribution in [3.8, 4) is 5.75 Å². The minimum atomic E-state index is -4.89. The Balaban J connectivity index is 2.88. The summed E-state index contributed by atoms with van der Waals surface area (Å²) in [6.45, 7) is 1.44. The molecule has 0 saturated heterocycles. The standard InChI is InChI=1S/C11H14F3NO4S/c1-2-8(16)7-15-20(17,18)10-5-3-4-9(6-10)19-11(12,13)14/h3-6,8,15-16H,2,7H2,1H3. The molecule has 0 spiro atoms. The van der Waals surface area contributed by atoms with Gasteiger partial charge in [-0.2, -0.15) is 0 Å². The molecule has 0 aliphatic carbocycles. The lowest BCUT2D eigenvalue weighted by Gasteiger charge is -2.12. The quantitative estimate of drug-likeness (QED) is 0.837. The van der Waals surface area contributed by atoms with Gasteiger partial charge in [0.15, 0.2) is 0 Å². The summed E-state index contributed by atoms with van der Waals surface area (Å²) in [5, 5.41) is 9.28. The number of halogens is 3. The van der Waals surface area contributed by atoms with Crippen molar-refractivity contribution in [1.82, 2.24) is 4.72 Å². The van der Waals surface area contributed by atoms with Gasteiger partial charge in [0.05, 0.1) is 11.0 Å². The van der Waals surface area contributed by atoms with E-state index in [-0.39, 0.29) is 11.4 Å². The Labute approximate surface area is 114 Å². The minimum Gasteiger partial charge on any atom is -0.406 e. The predicted molar refractivity (Wildman–Crippen MR) is 64.6 cm³/mol. The number of benzene rings is 1. The van der Waals surface area contributed by atoms with E-state index in [1.165, 1.54) is 0 Å². The Morgan fingerprint density at radius 3 is 2.60 bits per heavy atom. The molecule has 0 bridgehead atoms. The minimum absolute atomic E-state index is 0.219. The van der Waals surface area contributed by atoms with Crippen molar-refractivity contribution in [3.63, 3.8) is 0 Å². The van der Waals surface area contributed by atoms with Crippen LogP contribution in [0.25, 0.3) is 0 Å². The van der Waals surface area contributed by atoms with Crippen LogP contribution in [0.1, 0.15) is 13.3 Å². The zero-order chi connectivity index (χ0) is 15.4. The van der Waals surface area contributed by atoms with Gasteiger partial charge in [-0.25, -0.2) is 13.1 Å². The van der Waals surface area contributed by atoms with Gasteiger partial charge in [-0.3, -0.25) is 0 Å². The van der Waals surface area contributed by atoms with Crippen molar-refractivity contribution in [3.05, 3.63) is 24.3 Å². The van der Waals surface area contributed by atoms with Crippen molar-refractivity contribution >= 4 is 10.0 Å². The monoisotopic (exact) mass is 313 g/mol. The molecule has 0 radical (unpaired) electrons. The highest BCUT2D eigenvalue weighted by atomic mass is 32.2. The highest BCUT2D eigenvalue weighted by Gasteiger charge is 2.31. The van der Waals surface area contributed by atoms with E-state index in [2.05, 4.69) is 9.46 Å². The summed E-state index contributed by atoms with van der Waals surface area (Å²) >= 11 is 0. The first-order valence-corrected chi connectivity index (χ1v) is 7.16.